The number of nitrogens with zero attached hydrogens (tertiary/aromatic N) is 3. The molecule has 4 N–H and O–H groups in total. The van der Waals surface area contributed by atoms with E-state index in [9.17, 15) is 26.7 Å². The number of quaternary nitrogens is 1. The Morgan fingerprint density at radius 3 is 2.58 bits per heavy atom. The minimum atomic E-state index is -4.90. The largest absolute Gasteiger partial charge is 0.858 e. The number of halogens is 4. The van der Waals surface area contributed by atoms with Gasteiger partial charge in [0, 0.05) is 30.2 Å². The van der Waals surface area contributed by atoms with Gasteiger partial charge < -0.3 is 16.2 Å². The molecule has 12 heteroatoms. The Morgan fingerprint density at radius 1 is 1.29 bits per heavy atom. The van der Waals surface area contributed by atoms with Crippen LogP contribution in [0.15, 0.2) is 45.8 Å². The van der Waals surface area contributed by atoms with Gasteiger partial charge in [-0.2, -0.15) is 26.0 Å². The van der Waals surface area contributed by atoms with Crippen LogP contribution in [0.1, 0.15) is 30.9 Å². The molecule has 7 nitrogen and oxygen atoms in total. The zero-order valence-electron chi connectivity index (χ0n) is 16.9. The van der Waals surface area contributed by atoms with Crippen molar-refractivity contribution in [2.45, 2.75) is 30.8 Å². The molecular weight excluding hydrogens is 457 g/mol. The summed E-state index contributed by atoms with van der Waals surface area (Å²) in [6.07, 6.45) is -1.75. The van der Waals surface area contributed by atoms with Gasteiger partial charge in [-0.05, 0) is 48.6 Å². The molecule has 170 valence electrons. The van der Waals surface area contributed by atoms with Crippen LogP contribution in [0.25, 0.3) is 0 Å². The minimum Gasteiger partial charge on any atom is -0.858 e. The summed E-state index contributed by atoms with van der Waals surface area (Å²) in [6, 6.07) is 5.13. The maximum atomic E-state index is 13.2. The molecule has 0 amide bonds. The Bertz CT molecular complexity index is 1060. The highest BCUT2D eigenvalue weighted by Gasteiger charge is 2.34. The quantitative estimate of drug-likeness (QED) is 0.528. The summed E-state index contributed by atoms with van der Waals surface area (Å²) in [5, 5.41) is 12.0. The van der Waals surface area contributed by atoms with Crippen LogP contribution in [0.5, 0.6) is 0 Å². The number of anilines is 1. The van der Waals surface area contributed by atoms with Gasteiger partial charge in [-0.1, -0.05) is 24.6 Å². The Kier molecular flexibility index (Phi) is 7.56. The van der Waals surface area contributed by atoms with E-state index >= 15 is 0 Å². The fourth-order valence-corrected chi connectivity index (χ4v) is 4.28. The molecule has 0 bridgehead atoms. The van der Waals surface area contributed by atoms with Crippen LogP contribution in [-0.2, 0) is 16.2 Å². The lowest BCUT2D eigenvalue weighted by molar-refractivity contribution is -0.213. The molecule has 0 spiro atoms. The number of benzene rings is 1. The molecule has 31 heavy (non-hydrogen) atoms. The van der Waals surface area contributed by atoms with Crippen LogP contribution in [0.3, 0.4) is 0 Å². The summed E-state index contributed by atoms with van der Waals surface area (Å²) in [6.45, 7) is 3.70. The number of piperidine rings is 1. The Morgan fingerprint density at radius 2 is 2.00 bits per heavy atom. The molecule has 0 aliphatic carbocycles. The van der Waals surface area contributed by atoms with E-state index in [2.05, 4.69) is 16.3 Å². The molecule has 0 radical (unpaired) electrons. The smallest absolute Gasteiger partial charge is 0.417 e. The number of hydrogen-bond donors (Lipinski definition) is 1. The third kappa shape index (κ3) is 5.86. The molecule has 0 saturated carbocycles. The molecular formula is C19H22ClF3N4O3S. The zero-order chi connectivity index (χ0) is 22.1. The first-order valence-corrected chi connectivity index (χ1v) is 10.9. The number of hydrogen-bond acceptors (Lipinski definition) is 5. The van der Waals surface area contributed by atoms with Crippen LogP contribution in [0, 0.1) is 5.92 Å². The summed E-state index contributed by atoms with van der Waals surface area (Å²) in [4.78, 5) is 5.77. The normalized spacial score (nSPS) is 17.9. The van der Waals surface area contributed by atoms with Gasteiger partial charge in [-0.25, -0.2) is 4.98 Å². The molecule has 1 aliphatic rings. The molecule has 1 fully saturated rings. The van der Waals surface area contributed by atoms with Crippen molar-refractivity contribution >= 4 is 33.3 Å². The molecule has 2 aromatic rings. The predicted molar refractivity (Wildman–Crippen MR) is 111 cm³/mol. The Labute approximate surface area is 183 Å². The van der Waals surface area contributed by atoms with Gasteiger partial charge in [0.2, 0.25) is 0 Å². The topological polar surface area (TPSA) is 122 Å². The van der Waals surface area contributed by atoms with Crippen molar-refractivity contribution in [3.05, 3.63) is 52.7 Å². The molecule has 1 aromatic carbocycles. The molecule has 3 rings (SSSR count). The second kappa shape index (κ2) is 9.41. The molecule has 1 atom stereocenters. The van der Waals surface area contributed by atoms with E-state index in [1.165, 1.54) is 12.1 Å². The SMILES string of the molecule is CC1CCCN(c2ccc(S(=O)(=O)/N=C(\[O-])c3ccc(Cl)cc3C(F)(F)F)cn2)C1.[NH4+]. The molecule has 1 aromatic heterocycles. The van der Waals surface area contributed by atoms with Crippen molar-refractivity contribution in [1.29, 1.82) is 0 Å². The van der Waals surface area contributed by atoms with E-state index in [-0.39, 0.29) is 16.1 Å². The summed E-state index contributed by atoms with van der Waals surface area (Å²) >= 11 is 5.57. The maximum Gasteiger partial charge on any atom is 0.417 e. The number of aromatic nitrogens is 1. The van der Waals surface area contributed by atoms with Crippen LogP contribution >= 0.6 is 11.6 Å². The molecule has 2 heterocycles. The molecule has 1 unspecified atom stereocenters. The number of sulfonamides is 1. The number of pyridine rings is 1. The van der Waals surface area contributed by atoms with E-state index in [1.807, 2.05) is 4.90 Å². The lowest BCUT2D eigenvalue weighted by Crippen LogP contribution is -2.34. The lowest BCUT2D eigenvalue weighted by Gasteiger charge is -2.31. The van der Waals surface area contributed by atoms with Crippen molar-refractivity contribution < 1.29 is 26.7 Å². The molecule has 1 saturated heterocycles. The van der Waals surface area contributed by atoms with E-state index in [1.54, 1.807) is 0 Å². The first kappa shape index (κ1) is 24.9. The van der Waals surface area contributed by atoms with Gasteiger partial charge in [0.1, 0.15) is 10.7 Å². The fraction of sp³-hybridized carbons (Fsp3) is 0.368. The lowest BCUT2D eigenvalue weighted by atomic mass is 10.0. The fourth-order valence-electron chi connectivity index (χ4n) is 3.26. The monoisotopic (exact) mass is 478 g/mol. The summed E-state index contributed by atoms with van der Waals surface area (Å²) < 4.78 is 67.4. The minimum absolute atomic E-state index is 0. The second-order valence-corrected chi connectivity index (χ2v) is 9.15. The third-order valence-electron chi connectivity index (χ3n) is 4.72. The van der Waals surface area contributed by atoms with Crippen molar-refractivity contribution in [2.24, 2.45) is 10.3 Å². The first-order valence-electron chi connectivity index (χ1n) is 9.07. The number of rotatable bonds is 4. The van der Waals surface area contributed by atoms with E-state index in [0.717, 1.165) is 44.3 Å². The highest BCUT2D eigenvalue weighted by atomic mass is 35.5. The van der Waals surface area contributed by atoms with Crippen molar-refractivity contribution in [3.8, 4) is 0 Å². The number of alkyl halides is 3. The van der Waals surface area contributed by atoms with Crippen molar-refractivity contribution in [3.63, 3.8) is 0 Å². The average molecular weight is 479 g/mol. The first-order chi connectivity index (χ1) is 14.0. The summed E-state index contributed by atoms with van der Waals surface area (Å²) in [5.41, 5.74) is -2.26. The van der Waals surface area contributed by atoms with Crippen LogP contribution in [-0.4, -0.2) is 32.4 Å². The Balaban J connectivity index is 0.00000341. The van der Waals surface area contributed by atoms with Gasteiger partial charge in [0.05, 0.1) is 5.56 Å². The van der Waals surface area contributed by atoms with Crippen molar-refractivity contribution in [1.82, 2.24) is 11.1 Å². The van der Waals surface area contributed by atoms with Gasteiger partial charge >= 0.3 is 6.18 Å². The zero-order valence-corrected chi connectivity index (χ0v) is 18.4. The van der Waals surface area contributed by atoms with Gasteiger partial charge in [-0.3, -0.25) is 0 Å². The van der Waals surface area contributed by atoms with Crippen LogP contribution < -0.4 is 16.2 Å². The maximum absolute atomic E-state index is 13.2. The standard InChI is InChI=1S/C19H19ClF3N3O3S.H3N/c1-12-3-2-8-26(11-12)17-7-5-14(10-24-17)30(28,29)25-18(27)15-6-4-13(20)9-16(15)19(21,22)23;/h4-7,9-10,12H,2-3,8,11H2,1H3,(H,25,27);1H3. The van der Waals surface area contributed by atoms with Crippen LogP contribution in [0.4, 0.5) is 19.0 Å². The van der Waals surface area contributed by atoms with Gasteiger partial charge in [-0.15, -0.1) is 0 Å². The van der Waals surface area contributed by atoms with Gasteiger partial charge in [0.15, 0.2) is 0 Å². The van der Waals surface area contributed by atoms with Crippen molar-refractivity contribution in [2.75, 3.05) is 18.0 Å². The summed E-state index contributed by atoms with van der Waals surface area (Å²) in [5.74, 6) is -0.462. The van der Waals surface area contributed by atoms with Crippen LogP contribution in [0.2, 0.25) is 5.02 Å². The molecule has 1 aliphatic heterocycles. The van der Waals surface area contributed by atoms with E-state index < -0.39 is 33.2 Å². The predicted octanol–water partition coefficient (Wildman–Crippen LogP) is 3.86. The highest BCUT2D eigenvalue weighted by molar-refractivity contribution is 7.90. The van der Waals surface area contributed by atoms with E-state index in [0.29, 0.717) is 17.8 Å². The third-order valence-corrected chi connectivity index (χ3v) is 6.20. The second-order valence-electron chi connectivity index (χ2n) is 7.10. The highest BCUT2D eigenvalue weighted by Crippen LogP contribution is 2.34. The average Bonchev–Trinajstić information content (AvgIpc) is 2.67. The summed E-state index contributed by atoms with van der Waals surface area (Å²) in [7, 11) is -4.54. The van der Waals surface area contributed by atoms with E-state index in [4.69, 9.17) is 11.6 Å². The van der Waals surface area contributed by atoms with Gasteiger partial charge in [0.25, 0.3) is 10.0 Å². The Hall–Kier alpha value is -2.37.